The van der Waals surface area contributed by atoms with Gasteiger partial charge in [-0.1, -0.05) is 6.04 Å². The van der Waals surface area contributed by atoms with Gasteiger partial charge in [0.05, 0.1) is 32.2 Å². The fraction of sp³-hybridized carbons (Fsp3) is 1.00. The molecule has 0 aromatic heterocycles. The topological polar surface area (TPSA) is 27.7 Å². The Kier molecular flexibility index (Phi) is 6.26. The summed E-state index contributed by atoms with van der Waals surface area (Å²) >= 11 is 0. The van der Waals surface area contributed by atoms with Crippen LogP contribution < -0.4 is 0 Å². The van der Waals surface area contributed by atoms with Gasteiger partial charge in [-0.15, -0.1) is 0 Å². The molecule has 0 fully saturated rings. The molecule has 0 saturated carbocycles. The quantitative estimate of drug-likeness (QED) is 0.587. The van der Waals surface area contributed by atoms with Gasteiger partial charge >= 0.3 is 0 Å². The van der Waals surface area contributed by atoms with Crippen molar-refractivity contribution in [3.8, 4) is 0 Å². The van der Waals surface area contributed by atoms with Gasteiger partial charge in [-0.25, -0.2) is 0 Å². The molecule has 0 aliphatic rings. The fourth-order valence-electron chi connectivity index (χ4n) is 0.775. The molecule has 0 amide bonds. The van der Waals surface area contributed by atoms with E-state index in [1.165, 1.54) is 16.3 Å². The smallest absolute Gasteiger partial charge is 0.0879 e. The van der Waals surface area contributed by atoms with Gasteiger partial charge < -0.3 is 0 Å². The van der Waals surface area contributed by atoms with Crippen LogP contribution in [0.2, 0.25) is 6.04 Å². The van der Waals surface area contributed by atoms with Crippen LogP contribution in [0.25, 0.3) is 0 Å². The summed E-state index contributed by atoms with van der Waals surface area (Å²) in [5, 5.41) is 0. The highest BCUT2D eigenvalue weighted by atomic mass is 32.3. The predicted molar refractivity (Wildman–Crippen MR) is 52.8 cm³/mol. The molecular weight excluding hydrogens is 180 g/mol. The summed E-state index contributed by atoms with van der Waals surface area (Å²) in [6.45, 7) is 0. The van der Waals surface area contributed by atoms with Gasteiger partial charge in [-0.05, 0) is 6.42 Å². The summed E-state index contributed by atoms with van der Waals surface area (Å²) in [6, 6.07) is 1.27. The maximum absolute atomic E-state index is 5.19. The molecule has 0 bridgehead atoms. The van der Waals surface area contributed by atoms with E-state index in [2.05, 4.69) is 0 Å². The van der Waals surface area contributed by atoms with Crippen molar-refractivity contribution in [3.05, 3.63) is 0 Å². The molecule has 0 aliphatic carbocycles. The van der Waals surface area contributed by atoms with Crippen molar-refractivity contribution < 1.29 is 12.5 Å². The zero-order valence-electron chi connectivity index (χ0n) is 7.75. The van der Waals surface area contributed by atoms with Gasteiger partial charge in [0.15, 0.2) is 0 Å². The van der Waals surface area contributed by atoms with Gasteiger partial charge in [-0.2, -0.15) is 0 Å². The maximum atomic E-state index is 5.19. The second kappa shape index (κ2) is 6.02. The van der Waals surface area contributed by atoms with Crippen LogP contribution in [0.4, 0.5) is 0 Å². The molecule has 0 saturated heterocycles. The number of rotatable bonds is 6. The van der Waals surface area contributed by atoms with E-state index >= 15 is 0 Å². The minimum absolute atomic E-state index is 0.889. The van der Waals surface area contributed by atoms with Gasteiger partial charge in [0.25, 0.3) is 0 Å². The first-order chi connectivity index (χ1) is 5.24. The first-order valence-electron chi connectivity index (χ1n) is 3.72. The Labute approximate surface area is 73.8 Å². The molecular formula is C6H18O3SSi. The van der Waals surface area contributed by atoms with Crippen molar-refractivity contribution in [1.82, 2.24) is 0 Å². The Bertz CT molecular complexity index is 89.6. The van der Waals surface area contributed by atoms with Gasteiger partial charge in [0.1, 0.15) is 0 Å². The number of hydrogen-bond donors (Lipinski definition) is 0. The molecule has 0 radical (unpaired) electrons. The largest absolute Gasteiger partial charge is 0.296 e. The Morgan fingerprint density at radius 3 is 1.82 bits per heavy atom. The molecule has 0 aromatic rings. The van der Waals surface area contributed by atoms with Crippen LogP contribution in [0.3, 0.4) is 0 Å². The average Bonchev–Trinajstić information content (AvgIpc) is 2.08. The lowest BCUT2D eigenvalue weighted by atomic mass is 10.6. The molecule has 0 spiro atoms. The summed E-state index contributed by atoms with van der Waals surface area (Å²) in [5.41, 5.74) is 0. The summed E-state index contributed by atoms with van der Waals surface area (Å²) in [7, 11) is 4.49. The van der Waals surface area contributed by atoms with E-state index in [0.717, 1.165) is 12.2 Å². The molecule has 0 aliphatic heterocycles. The van der Waals surface area contributed by atoms with Crippen LogP contribution in [0, 0.1) is 0 Å². The molecule has 0 N–H and O–H groups in total. The first kappa shape index (κ1) is 11.4. The maximum Gasteiger partial charge on any atom is 0.0879 e. The lowest BCUT2D eigenvalue weighted by Gasteiger charge is -2.33. The Morgan fingerprint density at radius 2 is 1.55 bits per heavy atom. The highest BCUT2D eigenvalue weighted by Crippen LogP contribution is 2.49. The first-order valence-corrected chi connectivity index (χ1v) is 6.71. The molecule has 3 nitrogen and oxygen atoms in total. The van der Waals surface area contributed by atoms with Crippen LogP contribution in [-0.4, -0.2) is 37.3 Å². The average molecular weight is 198 g/mol. The molecule has 5 heteroatoms. The van der Waals surface area contributed by atoms with Crippen molar-refractivity contribution in [2.45, 2.75) is 12.5 Å². The molecule has 0 aromatic carbocycles. The lowest BCUT2D eigenvalue weighted by molar-refractivity contribution is 0.248. The SMILES string of the molecule is COS(CCC[SiH3])(OC)OC. The molecule has 70 valence electrons. The normalized spacial score (nSPS) is 13.7. The second-order valence-corrected chi connectivity index (χ2v) is 5.64. The zero-order valence-corrected chi connectivity index (χ0v) is 10.6. The zero-order chi connectivity index (χ0) is 8.74. The molecule has 0 unspecified atom stereocenters. The van der Waals surface area contributed by atoms with Crippen molar-refractivity contribution in [3.63, 3.8) is 0 Å². The van der Waals surface area contributed by atoms with Crippen LogP contribution in [-0.2, 0) is 12.5 Å². The third kappa shape index (κ3) is 3.57. The minimum Gasteiger partial charge on any atom is -0.296 e. The second-order valence-electron chi connectivity index (χ2n) is 2.12. The Hall–Kier alpha value is 0.447. The van der Waals surface area contributed by atoms with E-state index in [0.29, 0.717) is 0 Å². The third-order valence-electron chi connectivity index (χ3n) is 1.51. The van der Waals surface area contributed by atoms with E-state index in [4.69, 9.17) is 12.5 Å². The van der Waals surface area contributed by atoms with Crippen LogP contribution in [0.15, 0.2) is 0 Å². The van der Waals surface area contributed by atoms with E-state index in [9.17, 15) is 0 Å². The highest BCUT2D eigenvalue weighted by molar-refractivity contribution is 8.21. The van der Waals surface area contributed by atoms with E-state index < -0.39 is 10.9 Å². The third-order valence-corrected chi connectivity index (χ3v) is 4.53. The number of hydrogen-bond acceptors (Lipinski definition) is 3. The van der Waals surface area contributed by atoms with Crippen LogP contribution in [0.1, 0.15) is 6.42 Å². The fourth-order valence-corrected chi connectivity index (χ4v) is 3.19. The van der Waals surface area contributed by atoms with E-state index in [-0.39, 0.29) is 0 Å². The van der Waals surface area contributed by atoms with Crippen LogP contribution >= 0.6 is 10.9 Å². The predicted octanol–water partition coefficient (Wildman–Crippen LogP) is 0.649. The standard InChI is InChI=1S/C6H18O3SSi/c1-7-10(8-2,9-3)5-4-6-11/h4-6H2,1-3,11H3. The van der Waals surface area contributed by atoms with Gasteiger partial charge in [-0.3, -0.25) is 12.5 Å². The lowest BCUT2D eigenvalue weighted by Crippen LogP contribution is -2.10. The van der Waals surface area contributed by atoms with E-state index in [1.54, 1.807) is 21.3 Å². The van der Waals surface area contributed by atoms with Crippen molar-refractivity contribution in [2.24, 2.45) is 0 Å². The summed E-state index contributed by atoms with van der Waals surface area (Å²) in [4.78, 5) is 0. The van der Waals surface area contributed by atoms with Crippen LogP contribution in [0.5, 0.6) is 0 Å². The Morgan fingerprint density at radius 1 is 1.09 bits per heavy atom. The summed E-state index contributed by atoms with van der Waals surface area (Å²) in [6.07, 6.45) is 1.14. The molecule has 11 heavy (non-hydrogen) atoms. The minimum atomic E-state index is -1.65. The monoisotopic (exact) mass is 198 g/mol. The molecule has 0 heterocycles. The highest BCUT2D eigenvalue weighted by Gasteiger charge is 2.21. The van der Waals surface area contributed by atoms with Gasteiger partial charge in [0, 0.05) is 16.0 Å². The van der Waals surface area contributed by atoms with Gasteiger partial charge in [0.2, 0.25) is 0 Å². The molecule has 0 rings (SSSR count). The van der Waals surface area contributed by atoms with E-state index in [1.807, 2.05) is 0 Å². The summed E-state index contributed by atoms with van der Waals surface area (Å²) < 4.78 is 15.6. The molecule has 0 atom stereocenters. The van der Waals surface area contributed by atoms with Crippen molar-refractivity contribution in [1.29, 1.82) is 0 Å². The van der Waals surface area contributed by atoms with Crippen molar-refractivity contribution in [2.75, 3.05) is 27.1 Å². The summed E-state index contributed by atoms with van der Waals surface area (Å²) in [5.74, 6) is 0.889. The Balaban J connectivity index is 3.84. The van der Waals surface area contributed by atoms with Crippen molar-refractivity contribution >= 4 is 21.1 Å².